The molecule has 0 unspecified atom stereocenters. The van der Waals surface area contributed by atoms with Gasteiger partial charge in [0.2, 0.25) is 11.8 Å². The van der Waals surface area contributed by atoms with E-state index in [1.807, 2.05) is 26.8 Å². The van der Waals surface area contributed by atoms with Gasteiger partial charge in [-0.1, -0.05) is 61.0 Å². The van der Waals surface area contributed by atoms with Crippen molar-refractivity contribution in [3.05, 3.63) is 94.5 Å². The molecule has 38 heavy (non-hydrogen) atoms. The summed E-state index contributed by atoms with van der Waals surface area (Å²) < 4.78 is 28.8. The molecule has 0 spiro atoms. The molecule has 0 aliphatic rings. The number of sulfonamides is 1. The van der Waals surface area contributed by atoms with Crippen LogP contribution in [0.5, 0.6) is 0 Å². The molecule has 2 amide bonds. The highest BCUT2D eigenvalue weighted by atomic mass is 35.5. The summed E-state index contributed by atoms with van der Waals surface area (Å²) in [6.45, 7) is 7.41. The third-order valence-corrected chi connectivity index (χ3v) is 8.58. The molecule has 0 radical (unpaired) electrons. The van der Waals surface area contributed by atoms with E-state index in [9.17, 15) is 18.0 Å². The molecule has 9 heteroatoms. The van der Waals surface area contributed by atoms with Crippen LogP contribution in [0.2, 0.25) is 5.02 Å². The summed E-state index contributed by atoms with van der Waals surface area (Å²) in [6, 6.07) is 19.6. The lowest BCUT2D eigenvalue weighted by atomic mass is 10.1. The van der Waals surface area contributed by atoms with Crippen LogP contribution in [-0.2, 0) is 26.2 Å². The average Bonchev–Trinajstić information content (AvgIpc) is 2.90. The number of hydrogen-bond acceptors (Lipinski definition) is 4. The molecule has 0 saturated heterocycles. The Labute approximate surface area is 230 Å². The molecule has 3 aromatic rings. The van der Waals surface area contributed by atoms with Crippen molar-refractivity contribution in [1.29, 1.82) is 0 Å². The first-order valence-corrected chi connectivity index (χ1v) is 14.4. The lowest BCUT2D eigenvalue weighted by Crippen LogP contribution is -2.52. The van der Waals surface area contributed by atoms with Gasteiger partial charge in [-0.3, -0.25) is 13.9 Å². The predicted octanol–water partition coefficient (Wildman–Crippen LogP) is 5.10. The van der Waals surface area contributed by atoms with Crippen molar-refractivity contribution in [3.8, 4) is 0 Å². The van der Waals surface area contributed by atoms with Gasteiger partial charge >= 0.3 is 0 Å². The lowest BCUT2D eigenvalue weighted by Gasteiger charge is -2.33. The van der Waals surface area contributed by atoms with Gasteiger partial charge in [-0.15, -0.1) is 0 Å². The Morgan fingerprint density at radius 2 is 1.58 bits per heavy atom. The molecule has 0 saturated carbocycles. The number of likely N-dealkylation sites (N-methyl/N-ethyl adjacent to an activating group) is 1. The minimum Gasteiger partial charge on any atom is -0.355 e. The molecule has 3 rings (SSSR count). The maximum Gasteiger partial charge on any atom is 0.264 e. The normalized spacial score (nSPS) is 12.0. The summed E-state index contributed by atoms with van der Waals surface area (Å²) in [5.74, 6) is -0.820. The van der Waals surface area contributed by atoms with Crippen molar-refractivity contribution in [2.45, 2.75) is 51.6 Å². The highest BCUT2D eigenvalue weighted by Crippen LogP contribution is 2.27. The van der Waals surface area contributed by atoms with Crippen molar-refractivity contribution in [1.82, 2.24) is 10.2 Å². The molecule has 7 nitrogen and oxygen atoms in total. The summed E-state index contributed by atoms with van der Waals surface area (Å²) >= 11 is 6.40. The average molecular weight is 556 g/mol. The van der Waals surface area contributed by atoms with Gasteiger partial charge in [-0.05, 0) is 74.2 Å². The number of benzene rings is 3. The topological polar surface area (TPSA) is 86.8 Å². The van der Waals surface area contributed by atoms with E-state index < -0.39 is 28.5 Å². The van der Waals surface area contributed by atoms with Gasteiger partial charge in [-0.25, -0.2) is 8.42 Å². The molecule has 0 fully saturated rings. The van der Waals surface area contributed by atoms with Crippen molar-refractivity contribution in [2.75, 3.05) is 17.4 Å². The number of nitrogens with one attached hydrogen (secondary N) is 1. The van der Waals surface area contributed by atoms with E-state index in [4.69, 9.17) is 11.6 Å². The molecule has 3 aromatic carbocycles. The first-order chi connectivity index (χ1) is 18.1. The molecule has 0 aromatic heterocycles. The number of nitrogens with zero attached hydrogens (tertiary/aromatic N) is 2. The van der Waals surface area contributed by atoms with Gasteiger partial charge in [0.15, 0.2) is 0 Å². The maximum absolute atomic E-state index is 14.0. The Morgan fingerprint density at radius 3 is 2.18 bits per heavy atom. The Bertz CT molecular complexity index is 1380. The number of carbonyl (C=O) groups is 2. The van der Waals surface area contributed by atoms with Crippen LogP contribution in [0.25, 0.3) is 0 Å². The number of aryl methyl sites for hydroxylation is 2. The second-order valence-corrected chi connectivity index (χ2v) is 11.3. The fourth-order valence-corrected chi connectivity index (χ4v) is 5.77. The van der Waals surface area contributed by atoms with Crippen LogP contribution in [0.1, 0.15) is 37.0 Å². The Balaban J connectivity index is 2.08. The highest BCUT2D eigenvalue weighted by Gasteiger charge is 2.33. The summed E-state index contributed by atoms with van der Waals surface area (Å²) in [5, 5.41) is 3.25. The first kappa shape index (κ1) is 29.2. The zero-order valence-corrected chi connectivity index (χ0v) is 23.7. The van der Waals surface area contributed by atoms with Gasteiger partial charge in [0.1, 0.15) is 12.6 Å². The zero-order valence-electron chi connectivity index (χ0n) is 22.1. The molecule has 0 heterocycles. The number of amides is 2. The van der Waals surface area contributed by atoms with E-state index in [0.717, 1.165) is 15.4 Å². The molecule has 0 aliphatic heterocycles. The maximum atomic E-state index is 14.0. The zero-order chi connectivity index (χ0) is 27.9. The van der Waals surface area contributed by atoms with Gasteiger partial charge in [0, 0.05) is 18.1 Å². The van der Waals surface area contributed by atoms with Crippen molar-refractivity contribution >= 4 is 39.1 Å². The SMILES string of the molecule is CCNC(=O)[C@H](CC)N(Cc1ccccc1Cl)C(=O)CN(c1ccc(C)c(C)c1)S(=O)(=O)c1ccccc1. The number of rotatable bonds is 11. The number of carbonyl (C=O) groups excluding carboxylic acids is 2. The second kappa shape index (κ2) is 12.9. The van der Waals surface area contributed by atoms with E-state index in [2.05, 4.69) is 5.32 Å². The van der Waals surface area contributed by atoms with E-state index in [0.29, 0.717) is 29.2 Å². The standard InChI is InChI=1S/C29H34ClN3O4S/c1-5-27(29(35)31-6-2)32(19-23-12-10-11-15-26(23)30)28(34)20-33(24-17-16-21(3)22(4)18-24)38(36,37)25-13-8-7-9-14-25/h7-18,27H,5-6,19-20H2,1-4H3,(H,31,35)/t27-/m0/s1. The molecule has 0 bridgehead atoms. The van der Waals surface area contributed by atoms with E-state index in [1.54, 1.807) is 61.5 Å². The third-order valence-electron chi connectivity index (χ3n) is 6.42. The quantitative estimate of drug-likeness (QED) is 0.357. The summed E-state index contributed by atoms with van der Waals surface area (Å²) in [4.78, 5) is 28.4. The fraction of sp³-hybridized carbons (Fsp3) is 0.310. The Kier molecular flexibility index (Phi) is 9.94. The smallest absolute Gasteiger partial charge is 0.264 e. The third kappa shape index (κ3) is 6.74. The van der Waals surface area contributed by atoms with E-state index in [1.165, 1.54) is 17.0 Å². The van der Waals surface area contributed by atoms with E-state index >= 15 is 0 Å². The van der Waals surface area contributed by atoms with Crippen LogP contribution in [-0.4, -0.2) is 44.3 Å². The Morgan fingerprint density at radius 1 is 0.921 bits per heavy atom. The first-order valence-electron chi connectivity index (χ1n) is 12.6. The number of halogens is 1. The second-order valence-electron chi connectivity index (χ2n) is 9.02. The van der Waals surface area contributed by atoms with Crippen molar-refractivity contribution in [2.24, 2.45) is 0 Å². The van der Waals surface area contributed by atoms with Crippen LogP contribution in [0.4, 0.5) is 5.69 Å². The minimum absolute atomic E-state index is 0.0559. The summed E-state index contributed by atoms with van der Waals surface area (Å²) in [7, 11) is -4.10. The highest BCUT2D eigenvalue weighted by molar-refractivity contribution is 7.92. The van der Waals surface area contributed by atoms with Crippen LogP contribution < -0.4 is 9.62 Å². The minimum atomic E-state index is -4.10. The largest absolute Gasteiger partial charge is 0.355 e. The molecule has 0 aliphatic carbocycles. The van der Waals surface area contributed by atoms with Gasteiger partial charge in [0.05, 0.1) is 10.6 Å². The molecular weight excluding hydrogens is 522 g/mol. The predicted molar refractivity (Wildman–Crippen MR) is 152 cm³/mol. The van der Waals surface area contributed by atoms with Crippen LogP contribution in [0.15, 0.2) is 77.7 Å². The van der Waals surface area contributed by atoms with Crippen molar-refractivity contribution < 1.29 is 18.0 Å². The molecule has 202 valence electrons. The van der Waals surface area contributed by atoms with Crippen LogP contribution in [0.3, 0.4) is 0 Å². The van der Waals surface area contributed by atoms with Gasteiger partial charge in [0.25, 0.3) is 10.0 Å². The van der Waals surface area contributed by atoms with Crippen LogP contribution >= 0.6 is 11.6 Å². The van der Waals surface area contributed by atoms with Crippen molar-refractivity contribution in [3.63, 3.8) is 0 Å². The number of anilines is 1. The monoisotopic (exact) mass is 555 g/mol. The molecular formula is C29H34ClN3O4S. The van der Waals surface area contributed by atoms with E-state index in [-0.39, 0.29) is 17.3 Å². The molecule has 1 N–H and O–H groups in total. The summed E-state index contributed by atoms with van der Waals surface area (Å²) in [6.07, 6.45) is 0.344. The van der Waals surface area contributed by atoms with Gasteiger partial charge in [-0.2, -0.15) is 0 Å². The summed E-state index contributed by atoms with van der Waals surface area (Å²) in [5.41, 5.74) is 2.92. The Hall–Kier alpha value is -3.36. The number of hydrogen-bond donors (Lipinski definition) is 1. The van der Waals surface area contributed by atoms with Crippen LogP contribution in [0, 0.1) is 13.8 Å². The van der Waals surface area contributed by atoms with Gasteiger partial charge < -0.3 is 10.2 Å². The fourth-order valence-electron chi connectivity index (χ4n) is 4.15. The lowest BCUT2D eigenvalue weighted by molar-refractivity contribution is -0.140. The molecule has 1 atom stereocenters.